The van der Waals surface area contributed by atoms with E-state index in [1.165, 1.54) is 6.92 Å². The first-order chi connectivity index (χ1) is 8.35. The summed E-state index contributed by atoms with van der Waals surface area (Å²) in [5.74, 6) is 0.144. The lowest BCUT2D eigenvalue weighted by Gasteiger charge is -2.29. The average molecular weight is 279 g/mol. The van der Waals surface area contributed by atoms with E-state index in [-0.39, 0.29) is 24.0 Å². The van der Waals surface area contributed by atoms with Gasteiger partial charge in [0.1, 0.15) is 15.5 Å². The van der Waals surface area contributed by atoms with Crippen molar-refractivity contribution in [1.82, 2.24) is 5.32 Å². The number of hydrogen-bond donors (Lipinski definition) is 1. The van der Waals surface area contributed by atoms with Gasteiger partial charge < -0.3 is 5.32 Å². The molecule has 0 radical (unpaired) electrons. The van der Waals surface area contributed by atoms with Crippen LogP contribution in [0.4, 0.5) is 4.39 Å². The molecule has 1 heterocycles. The van der Waals surface area contributed by atoms with Crippen LogP contribution in [-0.4, -0.2) is 38.2 Å². The number of rotatable bonds is 7. The van der Waals surface area contributed by atoms with Crippen molar-refractivity contribution in [1.29, 1.82) is 0 Å². The van der Waals surface area contributed by atoms with Crippen LogP contribution in [0.5, 0.6) is 0 Å². The first-order valence-corrected chi connectivity index (χ1v) is 8.79. The summed E-state index contributed by atoms with van der Waals surface area (Å²) in [7, 11) is -3.07. The summed E-state index contributed by atoms with van der Waals surface area (Å²) in [5.41, 5.74) is -1.38. The van der Waals surface area contributed by atoms with Crippen LogP contribution < -0.4 is 5.32 Å². The van der Waals surface area contributed by atoms with Gasteiger partial charge in [0.15, 0.2) is 0 Å². The third-order valence-corrected chi connectivity index (χ3v) is 5.39. The molecule has 0 amide bonds. The highest BCUT2D eigenvalue weighted by Crippen LogP contribution is 2.26. The Bertz CT molecular complexity index is 335. The van der Waals surface area contributed by atoms with Gasteiger partial charge in [-0.05, 0) is 45.6 Å². The smallest absolute Gasteiger partial charge is 0.150 e. The molecule has 1 rings (SSSR count). The fraction of sp³-hybridized carbons (Fsp3) is 1.00. The Morgan fingerprint density at radius 3 is 2.61 bits per heavy atom. The normalized spacial score (nSPS) is 24.7. The number of piperidine rings is 1. The fourth-order valence-electron chi connectivity index (χ4n) is 2.50. The first-order valence-electron chi connectivity index (χ1n) is 6.97. The summed E-state index contributed by atoms with van der Waals surface area (Å²) in [5, 5.41) is 3.31. The zero-order chi connectivity index (χ0) is 13.6. The van der Waals surface area contributed by atoms with Gasteiger partial charge in [-0.1, -0.05) is 13.3 Å². The Labute approximate surface area is 110 Å². The lowest BCUT2D eigenvalue weighted by molar-refractivity contribution is 0.141. The van der Waals surface area contributed by atoms with Crippen molar-refractivity contribution in [2.24, 2.45) is 0 Å². The largest absolute Gasteiger partial charge is 0.314 e. The molecule has 0 spiro atoms. The maximum Gasteiger partial charge on any atom is 0.150 e. The molecule has 1 aliphatic heterocycles. The number of alkyl halides is 1. The number of hydrogen-bond acceptors (Lipinski definition) is 3. The van der Waals surface area contributed by atoms with Crippen molar-refractivity contribution in [3.8, 4) is 0 Å². The minimum absolute atomic E-state index is 0.0272. The van der Waals surface area contributed by atoms with Gasteiger partial charge in [-0.2, -0.15) is 0 Å². The molecular weight excluding hydrogens is 253 g/mol. The monoisotopic (exact) mass is 279 g/mol. The molecule has 1 N–H and O–H groups in total. The van der Waals surface area contributed by atoms with E-state index in [0.717, 1.165) is 25.8 Å². The van der Waals surface area contributed by atoms with Crippen LogP contribution in [0.3, 0.4) is 0 Å². The van der Waals surface area contributed by atoms with E-state index >= 15 is 0 Å². The van der Waals surface area contributed by atoms with Crippen LogP contribution in [0, 0.1) is 0 Å². The molecule has 1 fully saturated rings. The van der Waals surface area contributed by atoms with E-state index in [1.807, 2.05) is 6.92 Å². The third kappa shape index (κ3) is 6.14. The molecule has 0 aromatic heterocycles. The second-order valence-corrected chi connectivity index (χ2v) is 7.97. The van der Waals surface area contributed by atoms with Gasteiger partial charge in [0.2, 0.25) is 0 Å². The number of sulfone groups is 1. The van der Waals surface area contributed by atoms with Gasteiger partial charge in [-0.25, -0.2) is 12.8 Å². The lowest BCUT2D eigenvalue weighted by atomic mass is 9.91. The van der Waals surface area contributed by atoms with Gasteiger partial charge >= 0.3 is 0 Å². The summed E-state index contributed by atoms with van der Waals surface area (Å²) >= 11 is 0. The predicted octanol–water partition coefficient (Wildman–Crippen LogP) is 2.46. The van der Waals surface area contributed by atoms with E-state index in [2.05, 4.69) is 5.32 Å². The summed E-state index contributed by atoms with van der Waals surface area (Å²) in [6, 6.07) is 0.211. The van der Waals surface area contributed by atoms with Crippen LogP contribution in [-0.2, 0) is 9.84 Å². The van der Waals surface area contributed by atoms with E-state index in [4.69, 9.17) is 0 Å². The summed E-state index contributed by atoms with van der Waals surface area (Å²) in [6.45, 7) is 4.32. The van der Waals surface area contributed by atoms with Gasteiger partial charge in [-0.3, -0.25) is 0 Å². The van der Waals surface area contributed by atoms with Gasteiger partial charge in [0.25, 0.3) is 0 Å². The highest BCUT2D eigenvalue weighted by Gasteiger charge is 2.30. The van der Waals surface area contributed by atoms with Crippen molar-refractivity contribution >= 4 is 9.84 Å². The molecule has 3 nitrogen and oxygen atoms in total. The molecule has 0 aromatic rings. The van der Waals surface area contributed by atoms with E-state index in [0.29, 0.717) is 12.8 Å². The molecule has 2 unspecified atom stereocenters. The zero-order valence-corrected chi connectivity index (χ0v) is 12.4. The lowest BCUT2D eigenvalue weighted by Crippen LogP contribution is -2.39. The molecule has 2 atom stereocenters. The van der Waals surface area contributed by atoms with Gasteiger partial charge in [0.05, 0.1) is 5.75 Å². The van der Waals surface area contributed by atoms with E-state index in [9.17, 15) is 12.8 Å². The predicted molar refractivity (Wildman–Crippen MR) is 73.3 cm³/mol. The van der Waals surface area contributed by atoms with Crippen LogP contribution in [0.1, 0.15) is 52.4 Å². The van der Waals surface area contributed by atoms with Gasteiger partial charge in [0, 0.05) is 11.8 Å². The van der Waals surface area contributed by atoms with Crippen molar-refractivity contribution in [3.63, 3.8) is 0 Å². The van der Waals surface area contributed by atoms with Crippen molar-refractivity contribution < 1.29 is 12.8 Å². The Morgan fingerprint density at radius 2 is 2.06 bits per heavy atom. The molecular formula is C13H26FNO2S. The van der Waals surface area contributed by atoms with Crippen molar-refractivity contribution in [3.05, 3.63) is 0 Å². The van der Waals surface area contributed by atoms with Crippen molar-refractivity contribution in [2.75, 3.05) is 18.1 Å². The maximum atomic E-state index is 14.3. The quantitative estimate of drug-likeness (QED) is 0.778. The molecule has 108 valence electrons. The Balaban J connectivity index is 2.38. The minimum Gasteiger partial charge on any atom is -0.314 e. The SMILES string of the molecule is CCCS(=O)(=O)CCC(C)(F)CC1CCCCN1. The van der Waals surface area contributed by atoms with Crippen molar-refractivity contribution in [2.45, 2.75) is 64.1 Å². The van der Waals surface area contributed by atoms with E-state index in [1.54, 1.807) is 0 Å². The van der Waals surface area contributed by atoms with Crippen LogP contribution >= 0.6 is 0 Å². The summed E-state index contributed by atoms with van der Waals surface area (Å²) < 4.78 is 37.5. The first kappa shape index (κ1) is 15.9. The molecule has 5 heteroatoms. The van der Waals surface area contributed by atoms with Crippen LogP contribution in [0.2, 0.25) is 0 Å². The average Bonchev–Trinajstić information content (AvgIpc) is 2.28. The van der Waals surface area contributed by atoms with E-state index < -0.39 is 15.5 Å². The number of halogens is 1. The Hall–Kier alpha value is -0.160. The topological polar surface area (TPSA) is 46.2 Å². The third-order valence-electron chi connectivity index (χ3n) is 3.53. The van der Waals surface area contributed by atoms with Gasteiger partial charge in [-0.15, -0.1) is 0 Å². The standard InChI is InChI=1S/C13H26FNO2S/c1-3-9-18(16,17)10-7-13(2,14)11-12-6-4-5-8-15-12/h12,15H,3-11H2,1-2H3. The summed E-state index contributed by atoms with van der Waals surface area (Å²) in [4.78, 5) is 0. The fourth-order valence-corrected chi connectivity index (χ4v) is 4.06. The molecule has 0 saturated carbocycles. The zero-order valence-electron chi connectivity index (χ0n) is 11.5. The van der Waals surface area contributed by atoms with Crippen LogP contribution in [0.25, 0.3) is 0 Å². The molecule has 0 aliphatic carbocycles. The molecule has 0 bridgehead atoms. The van der Waals surface area contributed by atoms with Crippen LogP contribution in [0.15, 0.2) is 0 Å². The Morgan fingerprint density at radius 1 is 1.33 bits per heavy atom. The molecule has 1 saturated heterocycles. The molecule has 18 heavy (non-hydrogen) atoms. The maximum absolute atomic E-state index is 14.3. The Kier molecular flexibility index (Phi) is 6.05. The second-order valence-electron chi connectivity index (χ2n) is 5.67. The summed E-state index contributed by atoms with van der Waals surface area (Å²) in [6.07, 6.45) is 4.45. The number of nitrogens with one attached hydrogen (secondary N) is 1. The highest BCUT2D eigenvalue weighted by atomic mass is 32.2. The highest BCUT2D eigenvalue weighted by molar-refractivity contribution is 7.91. The minimum atomic E-state index is -3.07. The molecule has 1 aliphatic rings. The second kappa shape index (κ2) is 6.85. The molecule has 0 aromatic carbocycles.